The summed E-state index contributed by atoms with van der Waals surface area (Å²) in [7, 11) is 0. The van der Waals surface area contributed by atoms with Gasteiger partial charge in [-0.25, -0.2) is 9.78 Å². The van der Waals surface area contributed by atoms with Gasteiger partial charge in [-0.3, -0.25) is 0 Å². The van der Waals surface area contributed by atoms with Gasteiger partial charge in [0.15, 0.2) is 0 Å². The second-order valence-electron chi connectivity index (χ2n) is 3.88. The molecule has 0 aromatic carbocycles. The summed E-state index contributed by atoms with van der Waals surface area (Å²) in [5.41, 5.74) is 0.923. The molecule has 1 unspecified atom stereocenters. The van der Waals surface area contributed by atoms with Crippen molar-refractivity contribution >= 4 is 5.97 Å². The molecule has 1 rings (SSSR count). The SMILES string of the molecule is CCOC(=O)c1cc(C(O)C(C)C)ccn1. The molecule has 16 heavy (non-hydrogen) atoms. The molecule has 4 nitrogen and oxygen atoms in total. The van der Waals surface area contributed by atoms with Gasteiger partial charge >= 0.3 is 5.97 Å². The van der Waals surface area contributed by atoms with Gasteiger partial charge in [-0.2, -0.15) is 0 Å². The summed E-state index contributed by atoms with van der Waals surface area (Å²) in [6, 6.07) is 3.27. The standard InChI is InChI=1S/C12H17NO3/c1-4-16-12(15)10-7-9(5-6-13-10)11(14)8(2)3/h5-8,11,14H,4H2,1-3H3. The van der Waals surface area contributed by atoms with E-state index in [1.165, 1.54) is 6.20 Å². The molecule has 0 aliphatic heterocycles. The molecule has 0 aliphatic carbocycles. The average Bonchev–Trinajstić information content (AvgIpc) is 2.28. The Bertz CT molecular complexity index is 363. The molecule has 0 saturated carbocycles. The van der Waals surface area contributed by atoms with Crippen LogP contribution in [0.4, 0.5) is 0 Å². The number of ether oxygens (including phenoxy) is 1. The van der Waals surface area contributed by atoms with E-state index in [2.05, 4.69) is 4.98 Å². The maximum atomic E-state index is 11.4. The van der Waals surface area contributed by atoms with E-state index in [9.17, 15) is 9.90 Å². The maximum absolute atomic E-state index is 11.4. The van der Waals surface area contributed by atoms with Gasteiger partial charge in [0.25, 0.3) is 0 Å². The molecule has 88 valence electrons. The summed E-state index contributed by atoms with van der Waals surface area (Å²) in [5.74, 6) is -0.363. The van der Waals surface area contributed by atoms with Crippen LogP contribution in [-0.2, 0) is 4.74 Å². The Morgan fingerprint density at radius 3 is 2.81 bits per heavy atom. The van der Waals surface area contributed by atoms with Crippen LogP contribution in [0.3, 0.4) is 0 Å². The van der Waals surface area contributed by atoms with Crippen LogP contribution in [0.2, 0.25) is 0 Å². The van der Waals surface area contributed by atoms with E-state index in [0.29, 0.717) is 12.2 Å². The number of carbonyl (C=O) groups is 1. The number of carbonyl (C=O) groups excluding carboxylic acids is 1. The number of aromatic nitrogens is 1. The molecule has 1 aromatic rings. The number of aliphatic hydroxyl groups is 1. The number of pyridine rings is 1. The molecule has 0 bridgehead atoms. The number of nitrogens with zero attached hydrogens (tertiary/aromatic N) is 1. The summed E-state index contributed by atoms with van der Waals surface area (Å²) in [6.07, 6.45) is 0.920. The van der Waals surface area contributed by atoms with Crippen molar-refractivity contribution in [3.05, 3.63) is 29.6 Å². The molecule has 0 amide bonds. The van der Waals surface area contributed by atoms with Gasteiger partial charge in [0.2, 0.25) is 0 Å². The van der Waals surface area contributed by atoms with E-state index in [0.717, 1.165) is 0 Å². The fourth-order valence-electron chi connectivity index (χ4n) is 1.33. The van der Waals surface area contributed by atoms with Crippen LogP contribution in [0, 0.1) is 5.92 Å². The lowest BCUT2D eigenvalue weighted by atomic mass is 9.99. The fourth-order valence-corrected chi connectivity index (χ4v) is 1.33. The zero-order chi connectivity index (χ0) is 12.1. The van der Waals surface area contributed by atoms with Gasteiger partial charge in [0, 0.05) is 6.20 Å². The first-order valence-corrected chi connectivity index (χ1v) is 5.37. The van der Waals surface area contributed by atoms with E-state index < -0.39 is 12.1 Å². The van der Waals surface area contributed by atoms with Crippen LogP contribution in [0.1, 0.15) is 42.9 Å². The van der Waals surface area contributed by atoms with Crippen LogP contribution < -0.4 is 0 Å². The van der Waals surface area contributed by atoms with Crippen molar-refractivity contribution in [2.75, 3.05) is 6.61 Å². The van der Waals surface area contributed by atoms with Crippen molar-refractivity contribution in [1.29, 1.82) is 0 Å². The Hall–Kier alpha value is -1.42. The van der Waals surface area contributed by atoms with Crippen molar-refractivity contribution in [3.8, 4) is 0 Å². The van der Waals surface area contributed by atoms with Gasteiger partial charge in [-0.1, -0.05) is 13.8 Å². The second kappa shape index (κ2) is 5.61. The first kappa shape index (κ1) is 12.6. The first-order valence-electron chi connectivity index (χ1n) is 5.37. The molecular weight excluding hydrogens is 206 g/mol. The van der Waals surface area contributed by atoms with Gasteiger partial charge in [0.1, 0.15) is 5.69 Å². The van der Waals surface area contributed by atoms with Crippen molar-refractivity contribution in [1.82, 2.24) is 4.98 Å². The van der Waals surface area contributed by atoms with Crippen molar-refractivity contribution < 1.29 is 14.6 Å². The Kier molecular flexibility index (Phi) is 4.43. The van der Waals surface area contributed by atoms with Crippen LogP contribution >= 0.6 is 0 Å². The third-order valence-electron chi connectivity index (χ3n) is 2.24. The van der Waals surface area contributed by atoms with Gasteiger partial charge in [0.05, 0.1) is 12.7 Å². The predicted molar refractivity (Wildman–Crippen MR) is 60.0 cm³/mol. The lowest BCUT2D eigenvalue weighted by Gasteiger charge is -2.14. The Labute approximate surface area is 95.3 Å². The molecule has 1 atom stereocenters. The summed E-state index contributed by atoms with van der Waals surface area (Å²) >= 11 is 0. The highest BCUT2D eigenvalue weighted by Gasteiger charge is 2.15. The Morgan fingerprint density at radius 1 is 1.56 bits per heavy atom. The lowest BCUT2D eigenvalue weighted by molar-refractivity contribution is 0.0518. The molecule has 1 aromatic heterocycles. The molecule has 0 aliphatic rings. The fraction of sp³-hybridized carbons (Fsp3) is 0.500. The average molecular weight is 223 g/mol. The maximum Gasteiger partial charge on any atom is 0.356 e. The van der Waals surface area contributed by atoms with Crippen molar-refractivity contribution in [2.45, 2.75) is 26.9 Å². The van der Waals surface area contributed by atoms with Crippen LogP contribution in [-0.4, -0.2) is 22.7 Å². The van der Waals surface area contributed by atoms with Gasteiger partial charge in [-0.05, 0) is 30.5 Å². The monoisotopic (exact) mass is 223 g/mol. The summed E-state index contributed by atoms with van der Waals surface area (Å²) in [4.78, 5) is 15.3. The van der Waals surface area contributed by atoms with E-state index in [4.69, 9.17) is 4.74 Å². The quantitative estimate of drug-likeness (QED) is 0.792. The Balaban J connectivity index is 2.90. The van der Waals surface area contributed by atoms with Crippen molar-refractivity contribution in [2.24, 2.45) is 5.92 Å². The lowest BCUT2D eigenvalue weighted by Crippen LogP contribution is -2.10. The first-order chi connectivity index (χ1) is 7.56. The normalized spacial score (nSPS) is 12.6. The second-order valence-corrected chi connectivity index (χ2v) is 3.88. The van der Waals surface area contributed by atoms with E-state index in [1.54, 1.807) is 19.1 Å². The minimum atomic E-state index is -0.587. The minimum absolute atomic E-state index is 0.0949. The summed E-state index contributed by atoms with van der Waals surface area (Å²) in [6.45, 7) is 5.88. The smallest absolute Gasteiger partial charge is 0.356 e. The number of hydrogen-bond donors (Lipinski definition) is 1. The zero-order valence-corrected chi connectivity index (χ0v) is 9.80. The minimum Gasteiger partial charge on any atom is -0.461 e. The molecular formula is C12H17NO3. The summed E-state index contributed by atoms with van der Waals surface area (Å²) < 4.78 is 4.84. The van der Waals surface area contributed by atoms with Crippen molar-refractivity contribution in [3.63, 3.8) is 0 Å². The van der Waals surface area contributed by atoms with Crippen LogP contribution in [0.5, 0.6) is 0 Å². The highest BCUT2D eigenvalue weighted by Crippen LogP contribution is 2.21. The Morgan fingerprint density at radius 2 is 2.25 bits per heavy atom. The molecule has 1 N–H and O–H groups in total. The number of esters is 1. The zero-order valence-electron chi connectivity index (χ0n) is 9.80. The van der Waals surface area contributed by atoms with E-state index >= 15 is 0 Å². The summed E-state index contributed by atoms with van der Waals surface area (Å²) in [5, 5.41) is 9.85. The van der Waals surface area contributed by atoms with E-state index in [-0.39, 0.29) is 11.6 Å². The topological polar surface area (TPSA) is 59.4 Å². The van der Waals surface area contributed by atoms with Crippen LogP contribution in [0.15, 0.2) is 18.3 Å². The highest BCUT2D eigenvalue weighted by atomic mass is 16.5. The number of rotatable bonds is 4. The largest absolute Gasteiger partial charge is 0.461 e. The predicted octanol–water partition coefficient (Wildman–Crippen LogP) is 1.95. The molecule has 0 radical (unpaired) electrons. The third kappa shape index (κ3) is 3.03. The number of hydrogen-bond acceptors (Lipinski definition) is 4. The molecule has 1 heterocycles. The van der Waals surface area contributed by atoms with Crippen LogP contribution in [0.25, 0.3) is 0 Å². The highest BCUT2D eigenvalue weighted by molar-refractivity contribution is 5.87. The molecule has 4 heteroatoms. The van der Waals surface area contributed by atoms with E-state index in [1.807, 2.05) is 13.8 Å². The molecule has 0 saturated heterocycles. The molecule has 0 spiro atoms. The molecule has 0 fully saturated rings. The van der Waals surface area contributed by atoms with Gasteiger partial charge in [-0.15, -0.1) is 0 Å². The van der Waals surface area contributed by atoms with Gasteiger partial charge < -0.3 is 9.84 Å². The third-order valence-corrected chi connectivity index (χ3v) is 2.24. The number of aliphatic hydroxyl groups excluding tert-OH is 1.